The molecule has 0 fully saturated rings. The summed E-state index contributed by atoms with van der Waals surface area (Å²) in [5, 5.41) is 0. The maximum Gasteiger partial charge on any atom is 0.178 e. The topological polar surface area (TPSA) is 18.5 Å². The van der Waals surface area contributed by atoms with E-state index in [2.05, 4.69) is 12.1 Å². The highest BCUT2D eigenvalue weighted by atomic mass is 17.2. The van der Waals surface area contributed by atoms with E-state index >= 15 is 0 Å². The van der Waals surface area contributed by atoms with Crippen LogP contribution in [0.25, 0.3) is 11.1 Å². The Kier molecular flexibility index (Phi) is 3.88. The van der Waals surface area contributed by atoms with E-state index in [1.54, 1.807) is 0 Å². The molecule has 0 atom stereocenters. The molecule has 0 amide bonds. The van der Waals surface area contributed by atoms with Crippen LogP contribution in [0.3, 0.4) is 0 Å². The summed E-state index contributed by atoms with van der Waals surface area (Å²) in [7, 11) is 0. The summed E-state index contributed by atoms with van der Waals surface area (Å²) in [6.45, 7) is 2.03. The average molecular weight is 276 g/mol. The molecular weight excluding hydrogens is 260 g/mol. The molecular formula is C19H16O2. The monoisotopic (exact) mass is 276 g/mol. The molecule has 0 spiro atoms. The van der Waals surface area contributed by atoms with Crippen molar-refractivity contribution >= 4 is 0 Å². The first-order chi connectivity index (χ1) is 10.3. The highest BCUT2D eigenvalue weighted by molar-refractivity contribution is 5.63. The van der Waals surface area contributed by atoms with Crippen molar-refractivity contribution in [1.29, 1.82) is 0 Å². The van der Waals surface area contributed by atoms with Gasteiger partial charge in [0.2, 0.25) is 0 Å². The van der Waals surface area contributed by atoms with E-state index in [9.17, 15) is 0 Å². The highest BCUT2D eigenvalue weighted by Crippen LogP contribution is 2.22. The van der Waals surface area contributed by atoms with E-state index in [1.807, 2.05) is 73.7 Å². The first-order valence-electron chi connectivity index (χ1n) is 6.88. The fourth-order valence-electron chi connectivity index (χ4n) is 2.02. The number of hydrogen-bond acceptors (Lipinski definition) is 2. The Morgan fingerprint density at radius 1 is 0.524 bits per heavy atom. The second-order valence-electron chi connectivity index (χ2n) is 4.87. The minimum Gasteiger partial charge on any atom is -0.290 e. The molecule has 2 nitrogen and oxygen atoms in total. The zero-order chi connectivity index (χ0) is 14.5. The summed E-state index contributed by atoms with van der Waals surface area (Å²) >= 11 is 0. The van der Waals surface area contributed by atoms with Crippen LogP contribution in [0.2, 0.25) is 0 Å². The molecule has 104 valence electrons. The molecule has 0 aliphatic rings. The van der Waals surface area contributed by atoms with Gasteiger partial charge in [-0.25, -0.2) is 0 Å². The van der Waals surface area contributed by atoms with Crippen LogP contribution in [0.4, 0.5) is 0 Å². The van der Waals surface area contributed by atoms with Gasteiger partial charge in [0, 0.05) is 0 Å². The predicted octanol–water partition coefficient (Wildman–Crippen LogP) is 5.03. The Morgan fingerprint density at radius 2 is 1.00 bits per heavy atom. The lowest BCUT2D eigenvalue weighted by atomic mass is 10.1. The van der Waals surface area contributed by atoms with Gasteiger partial charge in [-0.3, -0.25) is 9.78 Å². The van der Waals surface area contributed by atoms with Gasteiger partial charge in [-0.05, 0) is 42.3 Å². The third-order valence-electron chi connectivity index (χ3n) is 3.22. The number of benzene rings is 3. The van der Waals surface area contributed by atoms with E-state index in [-0.39, 0.29) is 0 Å². The molecule has 0 aliphatic carbocycles. The molecule has 0 radical (unpaired) electrons. The lowest BCUT2D eigenvalue weighted by Gasteiger charge is -2.07. The van der Waals surface area contributed by atoms with Crippen molar-refractivity contribution in [3.05, 3.63) is 84.4 Å². The van der Waals surface area contributed by atoms with Crippen LogP contribution < -0.4 is 9.78 Å². The molecule has 0 saturated heterocycles. The molecule has 0 unspecified atom stereocenters. The van der Waals surface area contributed by atoms with Crippen LogP contribution >= 0.6 is 0 Å². The summed E-state index contributed by atoms with van der Waals surface area (Å²) in [5.74, 6) is 1.36. The van der Waals surface area contributed by atoms with Crippen LogP contribution in [-0.2, 0) is 0 Å². The molecule has 0 saturated carbocycles. The lowest BCUT2D eigenvalue weighted by Crippen LogP contribution is -2.00. The molecule has 0 heterocycles. The summed E-state index contributed by atoms with van der Waals surface area (Å²) in [6.07, 6.45) is 0. The zero-order valence-corrected chi connectivity index (χ0v) is 11.8. The summed E-state index contributed by atoms with van der Waals surface area (Å²) in [6, 6.07) is 25.8. The Morgan fingerprint density at radius 3 is 1.57 bits per heavy atom. The van der Waals surface area contributed by atoms with Gasteiger partial charge in [0.1, 0.15) is 0 Å². The van der Waals surface area contributed by atoms with Gasteiger partial charge in [-0.15, -0.1) is 0 Å². The van der Waals surface area contributed by atoms with Gasteiger partial charge in [0.15, 0.2) is 11.5 Å². The van der Waals surface area contributed by atoms with E-state index in [0.717, 1.165) is 5.56 Å². The number of rotatable bonds is 4. The van der Waals surface area contributed by atoms with Crippen LogP contribution in [0.15, 0.2) is 78.9 Å². The van der Waals surface area contributed by atoms with Crippen molar-refractivity contribution in [3.63, 3.8) is 0 Å². The van der Waals surface area contributed by atoms with E-state index in [4.69, 9.17) is 9.78 Å². The zero-order valence-electron chi connectivity index (χ0n) is 11.8. The van der Waals surface area contributed by atoms with Crippen molar-refractivity contribution < 1.29 is 9.78 Å². The minimum atomic E-state index is 0.676. The standard InChI is InChI=1S/C19H16O2/c1-15-7-11-18(12-8-15)20-21-19-13-9-17(10-14-19)16-5-3-2-4-6-16/h2-14H,1H3. The highest BCUT2D eigenvalue weighted by Gasteiger charge is 2.00. The van der Waals surface area contributed by atoms with Crippen LogP contribution in [-0.4, -0.2) is 0 Å². The first kappa shape index (κ1) is 13.3. The summed E-state index contributed by atoms with van der Waals surface area (Å²) in [4.78, 5) is 10.6. The fraction of sp³-hybridized carbons (Fsp3) is 0.0526. The van der Waals surface area contributed by atoms with E-state index in [0.29, 0.717) is 11.5 Å². The third-order valence-corrected chi connectivity index (χ3v) is 3.22. The first-order valence-corrected chi connectivity index (χ1v) is 6.88. The van der Waals surface area contributed by atoms with Crippen molar-refractivity contribution in [1.82, 2.24) is 0 Å². The molecule has 2 heteroatoms. The molecule has 0 N–H and O–H groups in total. The van der Waals surface area contributed by atoms with Gasteiger partial charge >= 0.3 is 0 Å². The van der Waals surface area contributed by atoms with E-state index in [1.165, 1.54) is 11.1 Å². The van der Waals surface area contributed by atoms with Gasteiger partial charge in [-0.2, -0.15) is 0 Å². The largest absolute Gasteiger partial charge is 0.290 e. The molecule has 0 aromatic heterocycles. The Balaban J connectivity index is 1.66. The maximum atomic E-state index is 5.32. The number of aryl methyl sites for hydroxylation is 1. The van der Waals surface area contributed by atoms with Crippen LogP contribution in [0.5, 0.6) is 11.5 Å². The normalized spacial score (nSPS) is 10.1. The maximum absolute atomic E-state index is 5.32. The van der Waals surface area contributed by atoms with Crippen LogP contribution in [0.1, 0.15) is 5.56 Å². The van der Waals surface area contributed by atoms with Gasteiger partial charge in [0.25, 0.3) is 0 Å². The molecule has 3 aromatic rings. The summed E-state index contributed by atoms with van der Waals surface area (Å²) in [5.41, 5.74) is 3.52. The quantitative estimate of drug-likeness (QED) is 0.491. The third kappa shape index (κ3) is 3.42. The Labute approximate surface area is 124 Å². The second kappa shape index (κ2) is 6.14. The smallest absolute Gasteiger partial charge is 0.178 e. The lowest BCUT2D eigenvalue weighted by molar-refractivity contribution is -0.0999. The number of hydrogen-bond donors (Lipinski definition) is 0. The SMILES string of the molecule is Cc1ccc(OOc2ccc(-c3ccccc3)cc2)cc1. The molecule has 0 bridgehead atoms. The van der Waals surface area contributed by atoms with Crippen LogP contribution in [0, 0.1) is 6.92 Å². The fourth-order valence-corrected chi connectivity index (χ4v) is 2.02. The molecule has 21 heavy (non-hydrogen) atoms. The van der Waals surface area contributed by atoms with Crippen molar-refractivity contribution in [2.45, 2.75) is 6.92 Å². The van der Waals surface area contributed by atoms with Gasteiger partial charge < -0.3 is 0 Å². The minimum absolute atomic E-state index is 0.676. The van der Waals surface area contributed by atoms with Gasteiger partial charge in [0.05, 0.1) is 0 Å². The van der Waals surface area contributed by atoms with Crippen molar-refractivity contribution in [2.24, 2.45) is 0 Å². The van der Waals surface area contributed by atoms with Crippen molar-refractivity contribution in [2.75, 3.05) is 0 Å². The Hall–Kier alpha value is -2.74. The molecule has 3 aromatic carbocycles. The second-order valence-corrected chi connectivity index (χ2v) is 4.87. The predicted molar refractivity (Wildman–Crippen MR) is 84.3 cm³/mol. The summed E-state index contributed by atoms with van der Waals surface area (Å²) < 4.78 is 0. The Bertz CT molecular complexity index is 686. The van der Waals surface area contributed by atoms with Crippen molar-refractivity contribution in [3.8, 4) is 22.6 Å². The molecule has 0 aliphatic heterocycles. The van der Waals surface area contributed by atoms with E-state index < -0.39 is 0 Å². The molecule has 3 rings (SSSR count). The van der Waals surface area contributed by atoms with Gasteiger partial charge in [-0.1, -0.05) is 60.2 Å². The average Bonchev–Trinajstić information content (AvgIpc) is 2.56.